The molecule has 0 spiro atoms. The molecule has 134 valence electrons. The van der Waals surface area contributed by atoms with E-state index in [4.69, 9.17) is 14.2 Å². The third kappa shape index (κ3) is 3.57. The monoisotopic (exact) mass is 351 g/mol. The summed E-state index contributed by atoms with van der Waals surface area (Å²) in [4.78, 5) is 14.3. The van der Waals surface area contributed by atoms with Gasteiger partial charge in [0.05, 0.1) is 25.4 Å². The third-order valence-corrected chi connectivity index (χ3v) is 4.13. The van der Waals surface area contributed by atoms with Gasteiger partial charge in [-0.05, 0) is 48.0 Å². The molecule has 0 atom stereocenters. The molecule has 0 N–H and O–H groups in total. The maximum atomic E-state index is 12.3. The summed E-state index contributed by atoms with van der Waals surface area (Å²) in [5.74, 6) is 1.33. The number of hydrogen-bond donors (Lipinski definition) is 0. The van der Waals surface area contributed by atoms with Crippen molar-refractivity contribution < 1.29 is 19.0 Å². The number of benzene rings is 2. The lowest BCUT2D eigenvalue weighted by Gasteiger charge is -2.11. The number of carbonyl (C=O) groups excluding carboxylic acids is 1. The van der Waals surface area contributed by atoms with E-state index in [1.54, 1.807) is 44.6 Å². The number of esters is 1. The minimum atomic E-state index is -0.387. The summed E-state index contributed by atoms with van der Waals surface area (Å²) in [7, 11) is 7.13. The number of carbonyl (C=O) groups is 1. The topological polar surface area (TPSA) is 48.0 Å². The molecule has 1 aliphatic heterocycles. The highest BCUT2D eigenvalue weighted by molar-refractivity contribution is 6.05. The zero-order valence-corrected chi connectivity index (χ0v) is 15.3. The van der Waals surface area contributed by atoms with Gasteiger partial charge in [0.15, 0.2) is 0 Å². The lowest BCUT2D eigenvalue weighted by molar-refractivity contribution is -0.130. The van der Waals surface area contributed by atoms with Crippen LogP contribution >= 0.6 is 0 Å². The minimum Gasteiger partial charge on any atom is -0.497 e. The summed E-state index contributed by atoms with van der Waals surface area (Å²) >= 11 is 0. The van der Waals surface area contributed by atoms with Crippen molar-refractivity contribution in [3.63, 3.8) is 0 Å². The summed E-state index contributed by atoms with van der Waals surface area (Å²) in [5.41, 5.74) is 3.19. The molecule has 0 saturated carbocycles. The van der Waals surface area contributed by atoms with Crippen LogP contribution in [0.5, 0.6) is 11.5 Å². The highest BCUT2D eigenvalue weighted by atomic mass is 16.5. The smallest absolute Gasteiger partial charge is 0.343 e. The molecule has 5 heteroatoms. The van der Waals surface area contributed by atoms with Gasteiger partial charge < -0.3 is 19.1 Å². The Balaban J connectivity index is 1.94. The van der Waals surface area contributed by atoms with Crippen LogP contribution in [0.3, 0.4) is 0 Å². The van der Waals surface area contributed by atoms with Gasteiger partial charge in [-0.1, -0.05) is 12.1 Å². The van der Waals surface area contributed by atoms with Crippen LogP contribution in [0.4, 0.5) is 5.69 Å². The number of anilines is 1. The molecule has 2 aromatic rings. The number of hydrogen-bond acceptors (Lipinski definition) is 5. The largest absolute Gasteiger partial charge is 0.497 e. The molecule has 5 nitrogen and oxygen atoms in total. The van der Waals surface area contributed by atoms with Gasteiger partial charge in [0.25, 0.3) is 0 Å². The van der Waals surface area contributed by atoms with E-state index in [9.17, 15) is 4.79 Å². The molecule has 0 aromatic heterocycles. The first-order chi connectivity index (χ1) is 12.5. The first-order valence-corrected chi connectivity index (χ1v) is 8.17. The van der Waals surface area contributed by atoms with E-state index in [0.29, 0.717) is 28.4 Å². The predicted octanol–water partition coefficient (Wildman–Crippen LogP) is 3.75. The van der Waals surface area contributed by atoms with Gasteiger partial charge in [0.1, 0.15) is 17.3 Å². The first kappa shape index (κ1) is 17.6. The highest BCUT2D eigenvalue weighted by Crippen LogP contribution is 2.35. The molecule has 0 saturated heterocycles. The Labute approximate surface area is 153 Å². The SMILES string of the molecule is COc1ccc(OC)c(C2=C/C(=C\c3ccc(N(C)C)cc3)C(=O)O2)c1. The molecule has 0 bridgehead atoms. The Morgan fingerprint density at radius 2 is 1.73 bits per heavy atom. The maximum absolute atomic E-state index is 12.3. The van der Waals surface area contributed by atoms with E-state index >= 15 is 0 Å². The molecular weight excluding hydrogens is 330 g/mol. The molecule has 0 radical (unpaired) electrons. The molecule has 3 rings (SSSR count). The second-order valence-corrected chi connectivity index (χ2v) is 6.05. The Hall–Kier alpha value is -3.21. The van der Waals surface area contributed by atoms with Gasteiger partial charge >= 0.3 is 5.97 Å². The van der Waals surface area contributed by atoms with Crippen LogP contribution in [0.25, 0.3) is 11.8 Å². The lowest BCUT2D eigenvalue weighted by atomic mass is 10.1. The Bertz CT molecular complexity index is 879. The number of ether oxygens (including phenoxy) is 3. The van der Waals surface area contributed by atoms with Crippen molar-refractivity contribution in [2.24, 2.45) is 0 Å². The van der Waals surface area contributed by atoms with Gasteiger partial charge in [-0.2, -0.15) is 0 Å². The Morgan fingerprint density at radius 3 is 2.35 bits per heavy atom. The molecule has 0 fully saturated rings. The standard InChI is InChI=1S/C21H21NO4/c1-22(2)16-7-5-14(6-8-16)11-15-12-20(26-21(15)23)18-13-17(24-3)9-10-19(18)25-4/h5-13H,1-4H3/b15-11+. The van der Waals surface area contributed by atoms with Crippen LogP contribution < -0.4 is 14.4 Å². The summed E-state index contributed by atoms with van der Waals surface area (Å²) in [5, 5.41) is 0. The van der Waals surface area contributed by atoms with E-state index in [1.165, 1.54) is 0 Å². The third-order valence-electron chi connectivity index (χ3n) is 4.13. The van der Waals surface area contributed by atoms with Crippen molar-refractivity contribution in [1.29, 1.82) is 0 Å². The quantitative estimate of drug-likeness (QED) is 0.606. The average molecular weight is 351 g/mol. The zero-order valence-electron chi connectivity index (χ0n) is 15.3. The van der Waals surface area contributed by atoms with Gasteiger partial charge in [0, 0.05) is 19.8 Å². The van der Waals surface area contributed by atoms with Crippen LogP contribution in [0.2, 0.25) is 0 Å². The van der Waals surface area contributed by atoms with Crippen LogP contribution in [0.15, 0.2) is 54.1 Å². The van der Waals surface area contributed by atoms with Crippen LogP contribution in [0, 0.1) is 0 Å². The fourth-order valence-corrected chi connectivity index (χ4v) is 2.68. The fourth-order valence-electron chi connectivity index (χ4n) is 2.68. The van der Waals surface area contributed by atoms with Crippen LogP contribution in [0.1, 0.15) is 11.1 Å². The zero-order chi connectivity index (χ0) is 18.7. The van der Waals surface area contributed by atoms with Crippen molar-refractivity contribution >= 4 is 23.5 Å². The van der Waals surface area contributed by atoms with Crippen LogP contribution in [-0.4, -0.2) is 34.3 Å². The summed E-state index contributed by atoms with van der Waals surface area (Å²) in [6.45, 7) is 0. The van der Waals surface area contributed by atoms with Crippen molar-refractivity contribution in [1.82, 2.24) is 0 Å². The number of methoxy groups -OCH3 is 2. The molecular formula is C21H21NO4. The molecule has 0 amide bonds. The first-order valence-electron chi connectivity index (χ1n) is 8.17. The maximum Gasteiger partial charge on any atom is 0.343 e. The molecule has 2 aromatic carbocycles. The molecule has 0 aliphatic carbocycles. The van der Waals surface area contributed by atoms with Gasteiger partial charge in [-0.3, -0.25) is 0 Å². The van der Waals surface area contributed by atoms with E-state index in [-0.39, 0.29) is 5.97 Å². The fraction of sp³-hybridized carbons (Fsp3) is 0.190. The predicted molar refractivity (Wildman–Crippen MR) is 102 cm³/mol. The number of nitrogens with zero attached hydrogens (tertiary/aromatic N) is 1. The van der Waals surface area contributed by atoms with E-state index < -0.39 is 0 Å². The summed E-state index contributed by atoms with van der Waals surface area (Å²) < 4.78 is 16.1. The van der Waals surface area contributed by atoms with Gasteiger partial charge in [-0.15, -0.1) is 0 Å². The molecule has 26 heavy (non-hydrogen) atoms. The average Bonchev–Trinajstić information content (AvgIpc) is 3.02. The summed E-state index contributed by atoms with van der Waals surface area (Å²) in [6.07, 6.45) is 3.53. The second kappa shape index (κ2) is 7.35. The number of rotatable bonds is 5. The van der Waals surface area contributed by atoms with Gasteiger partial charge in [-0.25, -0.2) is 4.79 Å². The molecule has 0 unspecified atom stereocenters. The normalized spacial score (nSPS) is 14.8. The highest BCUT2D eigenvalue weighted by Gasteiger charge is 2.24. The van der Waals surface area contributed by atoms with Crippen molar-refractivity contribution in [3.05, 3.63) is 65.2 Å². The van der Waals surface area contributed by atoms with E-state index in [0.717, 1.165) is 11.3 Å². The molecule has 1 heterocycles. The lowest BCUT2D eigenvalue weighted by Crippen LogP contribution is -2.07. The van der Waals surface area contributed by atoms with E-state index in [1.807, 2.05) is 43.3 Å². The number of cyclic esters (lactones) is 1. The van der Waals surface area contributed by atoms with Crippen molar-refractivity contribution in [3.8, 4) is 11.5 Å². The minimum absolute atomic E-state index is 0.387. The summed E-state index contributed by atoms with van der Waals surface area (Å²) in [6, 6.07) is 13.3. The van der Waals surface area contributed by atoms with Crippen LogP contribution in [-0.2, 0) is 9.53 Å². The van der Waals surface area contributed by atoms with Crippen molar-refractivity contribution in [2.75, 3.05) is 33.2 Å². The Morgan fingerprint density at radius 1 is 1.00 bits per heavy atom. The van der Waals surface area contributed by atoms with Crippen molar-refractivity contribution in [2.45, 2.75) is 0 Å². The Kier molecular flexibility index (Phi) is 4.98. The van der Waals surface area contributed by atoms with Gasteiger partial charge in [0.2, 0.25) is 0 Å². The molecule has 1 aliphatic rings. The second-order valence-electron chi connectivity index (χ2n) is 6.05. The van der Waals surface area contributed by atoms with E-state index in [2.05, 4.69) is 0 Å².